The van der Waals surface area contributed by atoms with Crippen molar-refractivity contribution in [2.75, 3.05) is 32.4 Å². The molecule has 2 aliphatic rings. The largest absolute Gasteiger partial charge is 0.470 e. The number of ether oxygens (including phenoxy) is 1. The molecule has 0 saturated carbocycles. The summed E-state index contributed by atoms with van der Waals surface area (Å²) >= 11 is 7.38. The molecule has 15 heteroatoms. The van der Waals surface area contributed by atoms with Gasteiger partial charge in [-0.25, -0.2) is 4.57 Å². The number of nitrogens with one attached hydrogen (secondary N) is 1. The van der Waals surface area contributed by atoms with Gasteiger partial charge in [0.2, 0.25) is 5.91 Å². The molecule has 2 saturated heterocycles. The van der Waals surface area contributed by atoms with Crippen molar-refractivity contribution in [1.29, 1.82) is 0 Å². The standard InChI is InChI=1S/C18H34ClN2O8PS.C2H6OS/c1-5-6-10-7-11(21(3)8-10)17(24)20-12(9(2)19)15-13(22)14(23)16(18(28-15)31-4)29-30(25,26)27;1-4(2)3/h9-16,18,22-23H,5-8H2,1-4H3,(H,20,24)(H2,25,26,27);1-2H3/t9?,10-,11+,12?,13-,14+,15-,16-,18-;/m1./s1. The van der Waals surface area contributed by atoms with Gasteiger partial charge in [-0.15, -0.1) is 23.4 Å². The number of hydrogen-bond acceptors (Lipinski definition) is 9. The van der Waals surface area contributed by atoms with E-state index in [-0.39, 0.29) is 11.9 Å². The van der Waals surface area contributed by atoms with E-state index in [9.17, 15) is 23.8 Å². The lowest BCUT2D eigenvalue weighted by Gasteiger charge is -2.45. The van der Waals surface area contributed by atoms with Crippen molar-refractivity contribution >= 4 is 47.9 Å². The van der Waals surface area contributed by atoms with Crippen LogP contribution in [-0.4, -0.2) is 115 Å². The van der Waals surface area contributed by atoms with E-state index in [1.54, 1.807) is 25.7 Å². The summed E-state index contributed by atoms with van der Waals surface area (Å²) in [6.07, 6.45) is 1.91. The molecule has 0 spiro atoms. The lowest BCUT2D eigenvalue weighted by atomic mass is 9.92. The van der Waals surface area contributed by atoms with Crippen LogP contribution in [0.25, 0.3) is 0 Å². The Morgan fingerprint density at radius 2 is 1.91 bits per heavy atom. The van der Waals surface area contributed by atoms with Gasteiger partial charge in [0.05, 0.1) is 17.5 Å². The van der Waals surface area contributed by atoms with Gasteiger partial charge in [-0.2, -0.15) is 0 Å². The minimum Gasteiger partial charge on any atom is -0.388 e. The molecule has 0 bridgehead atoms. The first-order chi connectivity index (χ1) is 16.1. The van der Waals surface area contributed by atoms with Crippen LogP contribution in [0.2, 0.25) is 0 Å². The number of hydrogen-bond donors (Lipinski definition) is 5. The molecule has 2 aliphatic heterocycles. The highest BCUT2D eigenvalue weighted by molar-refractivity contribution is 7.99. The molecule has 35 heavy (non-hydrogen) atoms. The van der Waals surface area contributed by atoms with Crippen LogP contribution in [0.15, 0.2) is 0 Å². The van der Waals surface area contributed by atoms with Gasteiger partial charge < -0.3 is 30.1 Å². The third-order valence-corrected chi connectivity index (χ3v) is 7.50. The maximum absolute atomic E-state index is 13.0. The Morgan fingerprint density at radius 1 is 1.34 bits per heavy atom. The topological polar surface area (TPSA) is 166 Å². The van der Waals surface area contributed by atoms with Crippen LogP contribution < -0.4 is 5.32 Å². The van der Waals surface area contributed by atoms with E-state index in [0.29, 0.717) is 5.92 Å². The number of alkyl halides is 1. The number of carbonyl (C=O) groups is 1. The van der Waals surface area contributed by atoms with E-state index in [1.165, 1.54) is 0 Å². The molecular weight excluding hydrogens is 543 g/mol. The molecule has 5 N–H and O–H groups in total. The molecule has 1 amide bonds. The third kappa shape index (κ3) is 10.5. The molecule has 9 atom stereocenters. The number of aliphatic hydroxyl groups excluding tert-OH is 2. The van der Waals surface area contributed by atoms with Crippen LogP contribution >= 0.6 is 31.2 Å². The Kier molecular flexibility index (Phi) is 14.2. The summed E-state index contributed by atoms with van der Waals surface area (Å²) in [5.41, 5.74) is -0.992. The van der Waals surface area contributed by atoms with Gasteiger partial charge in [0.15, 0.2) is 0 Å². The predicted molar refractivity (Wildman–Crippen MR) is 138 cm³/mol. The smallest absolute Gasteiger partial charge is 0.388 e. The summed E-state index contributed by atoms with van der Waals surface area (Å²) in [6.45, 7) is 4.57. The Bertz CT molecular complexity index is 741. The number of amides is 1. The number of likely N-dealkylation sites (N-methyl/N-ethyl adjacent to an activating group) is 1. The van der Waals surface area contributed by atoms with E-state index in [0.717, 1.165) is 37.6 Å². The first-order valence-electron chi connectivity index (χ1n) is 11.3. The highest BCUT2D eigenvalue weighted by Gasteiger charge is 2.51. The number of nitrogens with zero attached hydrogens (tertiary/aromatic N) is 1. The zero-order valence-corrected chi connectivity index (χ0v) is 24.2. The highest BCUT2D eigenvalue weighted by Crippen LogP contribution is 2.43. The average Bonchev–Trinajstić information content (AvgIpc) is 3.09. The third-order valence-electron chi connectivity index (χ3n) is 5.87. The first-order valence-corrected chi connectivity index (χ1v) is 16.5. The van der Waals surface area contributed by atoms with Gasteiger partial charge in [0.1, 0.15) is 29.9 Å². The normalized spacial score (nSPS) is 33.7. The average molecular weight is 583 g/mol. The van der Waals surface area contributed by atoms with E-state index in [4.69, 9.17) is 26.1 Å². The van der Waals surface area contributed by atoms with E-state index in [1.807, 2.05) is 11.9 Å². The van der Waals surface area contributed by atoms with E-state index < -0.39 is 59.9 Å². The molecule has 0 radical (unpaired) electrons. The number of thioether (sulfide) groups is 1. The van der Waals surface area contributed by atoms with Crippen LogP contribution in [0.1, 0.15) is 33.1 Å². The second kappa shape index (κ2) is 15.0. The zero-order valence-electron chi connectivity index (χ0n) is 20.9. The van der Waals surface area contributed by atoms with Crippen molar-refractivity contribution in [3.8, 4) is 0 Å². The van der Waals surface area contributed by atoms with Crippen molar-refractivity contribution < 1.29 is 42.8 Å². The summed E-state index contributed by atoms with van der Waals surface area (Å²) in [5.74, 6) is 0.195. The monoisotopic (exact) mass is 582 g/mol. The quantitative estimate of drug-likeness (QED) is 0.190. The number of likely N-dealkylation sites (tertiary alicyclic amines) is 1. The molecule has 0 aromatic rings. The summed E-state index contributed by atoms with van der Waals surface area (Å²) in [5, 5.41) is 23.4. The SMILES string of the molecule is CCC[C@@H]1C[C@@H](C(=O)NC(C(C)Cl)[C@H]2O[C@H](SC)[C@H](OP(=O)(O)O)[C@@H](O)[C@H]2O)N(C)C1.CS(C)=O. The second-order valence-corrected chi connectivity index (χ2v) is 13.3. The Labute approximate surface area is 219 Å². The molecular formula is C20H40ClN2O9PS2. The second-order valence-electron chi connectivity index (χ2n) is 9.05. The lowest BCUT2D eigenvalue weighted by Crippen LogP contribution is -2.65. The summed E-state index contributed by atoms with van der Waals surface area (Å²) in [6, 6.07) is -1.18. The van der Waals surface area contributed by atoms with Gasteiger partial charge in [0, 0.05) is 29.9 Å². The molecule has 0 aromatic carbocycles. The maximum Gasteiger partial charge on any atom is 0.470 e. The predicted octanol–water partition coefficient (Wildman–Crippen LogP) is 0.501. The Hall–Kier alpha value is 0.210. The van der Waals surface area contributed by atoms with Crippen LogP contribution in [0.4, 0.5) is 0 Å². The van der Waals surface area contributed by atoms with Crippen molar-refractivity contribution in [2.24, 2.45) is 5.92 Å². The molecule has 208 valence electrons. The van der Waals surface area contributed by atoms with E-state index >= 15 is 0 Å². The van der Waals surface area contributed by atoms with Gasteiger partial charge in [-0.3, -0.25) is 18.4 Å². The minimum atomic E-state index is -4.93. The molecule has 2 fully saturated rings. The van der Waals surface area contributed by atoms with Crippen LogP contribution in [0, 0.1) is 5.92 Å². The van der Waals surface area contributed by atoms with Crippen LogP contribution in [0.3, 0.4) is 0 Å². The summed E-state index contributed by atoms with van der Waals surface area (Å²) in [4.78, 5) is 33.3. The highest BCUT2D eigenvalue weighted by atomic mass is 35.5. The molecule has 2 heterocycles. The van der Waals surface area contributed by atoms with Gasteiger partial charge >= 0.3 is 7.82 Å². The molecule has 2 unspecified atom stereocenters. The molecule has 2 rings (SSSR count). The number of phosphoric acid groups is 1. The maximum atomic E-state index is 13.0. The van der Waals surface area contributed by atoms with Crippen molar-refractivity contribution in [3.05, 3.63) is 0 Å². The van der Waals surface area contributed by atoms with Crippen molar-refractivity contribution in [3.63, 3.8) is 0 Å². The molecule has 0 aromatic heterocycles. The lowest BCUT2D eigenvalue weighted by molar-refractivity contribution is -0.201. The molecule has 11 nitrogen and oxygen atoms in total. The van der Waals surface area contributed by atoms with Gasteiger partial charge in [0.25, 0.3) is 0 Å². The summed E-state index contributed by atoms with van der Waals surface area (Å²) < 4.78 is 31.3. The number of phosphoric ester groups is 1. The number of carbonyl (C=O) groups excluding carboxylic acids is 1. The fourth-order valence-electron chi connectivity index (χ4n) is 4.37. The Balaban J connectivity index is 0.00000142. The van der Waals surface area contributed by atoms with E-state index in [2.05, 4.69) is 16.8 Å². The number of halogens is 1. The van der Waals surface area contributed by atoms with Gasteiger partial charge in [-0.1, -0.05) is 13.3 Å². The van der Waals surface area contributed by atoms with Gasteiger partial charge in [-0.05, 0) is 39.0 Å². The number of rotatable bonds is 9. The summed E-state index contributed by atoms with van der Waals surface area (Å²) in [7, 11) is -3.65. The number of aliphatic hydroxyl groups is 2. The first kappa shape index (κ1) is 33.2. The fraction of sp³-hybridized carbons (Fsp3) is 0.950. The van der Waals surface area contributed by atoms with Crippen molar-refractivity contribution in [2.45, 2.75) is 80.4 Å². The minimum absolute atomic E-state index is 0.238. The van der Waals surface area contributed by atoms with Crippen LogP contribution in [-0.2, 0) is 29.4 Å². The van der Waals surface area contributed by atoms with Crippen LogP contribution in [0.5, 0.6) is 0 Å². The fourth-order valence-corrected chi connectivity index (χ4v) is 5.93. The van der Waals surface area contributed by atoms with Crippen molar-refractivity contribution in [1.82, 2.24) is 10.2 Å². The zero-order chi connectivity index (χ0) is 27.1. The Morgan fingerprint density at radius 3 is 2.37 bits per heavy atom. The molecule has 0 aliphatic carbocycles.